The lowest BCUT2D eigenvalue weighted by Gasteiger charge is -2.23. The predicted octanol–water partition coefficient (Wildman–Crippen LogP) is 2.91. The van der Waals surface area contributed by atoms with Gasteiger partial charge in [0, 0.05) is 24.7 Å². The number of rotatable bonds is 7. The van der Waals surface area contributed by atoms with Crippen molar-refractivity contribution < 1.29 is 9.53 Å². The Kier molecular flexibility index (Phi) is 6.69. The Morgan fingerprint density at radius 2 is 2.00 bits per heavy atom. The van der Waals surface area contributed by atoms with Crippen molar-refractivity contribution in [3.8, 4) is 5.75 Å². The first-order valence-electron chi connectivity index (χ1n) is 7.59. The quantitative estimate of drug-likeness (QED) is 0.840. The molecule has 0 radical (unpaired) electrons. The van der Waals surface area contributed by atoms with Gasteiger partial charge in [0.05, 0.1) is 0 Å². The maximum Gasteiger partial charge on any atom is 0.260 e. The highest BCUT2D eigenvalue weighted by molar-refractivity contribution is 5.77. The molecular formula is C17H28N2O2. The first-order valence-corrected chi connectivity index (χ1v) is 7.59. The molecule has 0 aliphatic heterocycles. The first kappa shape index (κ1) is 17.5. The molecule has 1 N–H and O–H groups in total. The van der Waals surface area contributed by atoms with Gasteiger partial charge >= 0.3 is 0 Å². The van der Waals surface area contributed by atoms with Crippen molar-refractivity contribution in [3.05, 3.63) is 29.3 Å². The summed E-state index contributed by atoms with van der Waals surface area (Å²) in [4.78, 5) is 13.7. The number of likely N-dealkylation sites (N-methyl/N-ethyl adjacent to an activating group) is 1. The highest BCUT2D eigenvalue weighted by Gasteiger charge is 2.15. The fraction of sp³-hybridized carbons (Fsp3) is 0.588. The fourth-order valence-electron chi connectivity index (χ4n) is 2.07. The zero-order valence-electron chi connectivity index (χ0n) is 14.1. The number of benzene rings is 1. The molecule has 0 bridgehead atoms. The molecule has 4 heteroatoms. The minimum atomic E-state index is -0.00596. The van der Waals surface area contributed by atoms with Crippen molar-refractivity contribution in [2.75, 3.05) is 20.2 Å². The molecular weight excluding hydrogens is 264 g/mol. The number of hydrogen-bond donors (Lipinski definition) is 1. The van der Waals surface area contributed by atoms with Crippen molar-refractivity contribution in [3.63, 3.8) is 0 Å². The van der Waals surface area contributed by atoms with Crippen LogP contribution in [0.2, 0.25) is 0 Å². The van der Waals surface area contributed by atoms with Gasteiger partial charge in [-0.25, -0.2) is 0 Å². The van der Waals surface area contributed by atoms with Gasteiger partial charge in [0.15, 0.2) is 6.61 Å². The van der Waals surface area contributed by atoms with Crippen LogP contribution in [0.15, 0.2) is 18.2 Å². The van der Waals surface area contributed by atoms with Crippen LogP contribution in [0.25, 0.3) is 0 Å². The molecule has 1 unspecified atom stereocenters. The van der Waals surface area contributed by atoms with Crippen LogP contribution in [0.1, 0.15) is 44.9 Å². The maximum absolute atomic E-state index is 12.0. The summed E-state index contributed by atoms with van der Waals surface area (Å²) in [5.41, 5.74) is 2.21. The summed E-state index contributed by atoms with van der Waals surface area (Å²) < 4.78 is 5.79. The van der Waals surface area contributed by atoms with Crippen molar-refractivity contribution in [1.82, 2.24) is 10.2 Å². The van der Waals surface area contributed by atoms with Crippen LogP contribution >= 0.6 is 0 Å². The molecule has 0 aliphatic rings. The van der Waals surface area contributed by atoms with E-state index in [1.807, 2.05) is 26.8 Å². The summed E-state index contributed by atoms with van der Waals surface area (Å²) in [5, 5.41) is 3.37. The number of hydrogen-bond acceptors (Lipinski definition) is 3. The van der Waals surface area contributed by atoms with Gasteiger partial charge in [-0.1, -0.05) is 19.1 Å². The summed E-state index contributed by atoms with van der Waals surface area (Å²) in [6.45, 7) is 11.1. The van der Waals surface area contributed by atoms with E-state index in [1.165, 1.54) is 0 Å². The molecule has 0 aromatic heterocycles. The third-order valence-electron chi connectivity index (χ3n) is 3.67. The van der Waals surface area contributed by atoms with Crippen LogP contribution in [-0.2, 0) is 4.79 Å². The van der Waals surface area contributed by atoms with Crippen LogP contribution in [-0.4, -0.2) is 37.0 Å². The van der Waals surface area contributed by atoms with E-state index in [4.69, 9.17) is 4.74 Å². The summed E-state index contributed by atoms with van der Waals surface area (Å²) in [5.74, 6) is 0.780. The first-order chi connectivity index (χ1) is 9.86. The van der Waals surface area contributed by atoms with Crippen LogP contribution in [0, 0.1) is 6.92 Å². The molecule has 1 aromatic rings. The van der Waals surface area contributed by atoms with Gasteiger partial charge in [0.1, 0.15) is 5.75 Å². The maximum atomic E-state index is 12.0. The SMILES string of the molecule is CCNC(C)c1ccc(C)cc1OCC(=O)N(C)C(C)C. The Bertz CT molecular complexity index is 472. The highest BCUT2D eigenvalue weighted by Crippen LogP contribution is 2.26. The van der Waals surface area contributed by atoms with Crippen molar-refractivity contribution in [1.29, 1.82) is 0 Å². The fourth-order valence-corrected chi connectivity index (χ4v) is 2.07. The zero-order chi connectivity index (χ0) is 16.0. The minimum absolute atomic E-state index is 0.00596. The second-order valence-electron chi connectivity index (χ2n) is 5.71. The van der Waals surface area contributed by atoms with E-state index in [1.54, 1.807) is 11.9 Å². The molecule has 118 valence electrons. The molecule has 0 heterocycles. The molecule has 1 amide bonds. The molecule has 0 spiro atoms. The molecule has 4 nitrogen and oxygen atoms in total. The third-order valence-corrected chi connectivity index (χ3v) is 3.67. The Morgan fingerprint density at radius 1 is 1.33 bits per heavy atom. The van der Waals surface area contributed by atoms with Crippen LogP contribution < -0.4 is 10.1 Å². The lowest BCUT2D eigenvalue weighted by molar-refractivity contribution is -0.133. The van der Waals surface area contributed by atoms with Gasteiger partial charge in [-0.3, -0.25) is 4.79 Å². The Hall–Kier alpha value is -1.55. The van der Waals surface area contributed by atoms with E-state index >= 15 is 0 Å². The molecule has 1 aromatic carbocycles. The normalized spacial score (nSPS) is 12.3. The van der Waals surface area contributed by atoms with E-state index in [2.05, 4.69) is 31.3 Å². The van der Waals surface area contributed by atoms with Crippen molar-refractivity contribution >= 4 is 5.91 Å². The zero-order valence-corrected chi connectivity index (χ0v) is 14.1. The summed E-state index contributed by atoms with van der Waals surface area (Å²) in [7, 11) is 1.80. The van der Waals surface area contributed by atoms with Crippen molar-refractivity contribution in [2.45, 2.75) is 46.7 Å². The molecule has 1 atom stereocenters. The number of ether oxygens (including phenoxy) is 1. The van der Waals surface area contributed by atoms with E-state index in [0.717, 1.165) is 23.4 Å². The van der Waals surface area contributed by atoms with Crippen molar-refractivity contribution in [2.24, 2.45) is 0 Å². The standard InChI is InChI=1S/C17H28N2O2/c1-7-18-14(5)15-9-8-13(4)10-16(15)21-11-17(20)19(6)12(2)3/h8-10,12,14,18H,7,11H2,1-6H3. The van der Waals surface area contributed by atoms with Gasteiger partial charge in [-0.05, 0) is 45.9 Å². The summed E-state index contributed by atoms with van der Waals surface area (Å²) in [6, 6.07) is 6.50. The van der Waals surface area contributed by atoms with Crippen LogP contribution in [0.4, 0.5) is 0 Å². The summed E-state index contributed by atoms with van der Waals surface area (Å²) in [6.07, 6.45) is 0. The van der Waals surface area contributed by atoms with Gasteiger partial charge in [0.25, 0.3) is 5.91 Å². The smallest absolute Gasteiger partial charge is 0.260 e. The molecule has 0 saturated heterocycles. The van der Waals surface area contributed by atoms with E-state index in [9.17, 15) is 4.79 Å². The van der Waals surface area contributed by atoms with Gasteiger partial charge in [-0.2, -0.15) is 0 Å². The Balaban J connectivity index is 2.82. The summed E-state index contributed by atoms with van der Waals surface area (Å²) >= 11 is 0. The second kappa shape index (κ2) is 8.03. The van der Waals surface area contributed by atoms with E-state index in [-0.39, 0.29) is 24.6 Å². The average molecular weight is 292 g/mol. The lowest BCUT2D eigenvalue weighted by Crippen LogP contribution is -2.36. The Morgan fingerprint density at radius 3 is 2.57 bits per heavy atom. The third kappa shape index (κ3) is 5.05. The number of carbonyl (C=O) groups is 1. The molecule has 0 fully saturated rings. The molecule has 0 saturated carbocycles. The molecule has 21 heavy (non-hydrogen) atoms. The molecule has 1 rings (SSSR count). The number of amides is 1. The van der Waals surface area contributed by atoms with Gasteiger partial charge in [-0.15, -0.1) is 0 Å². The minimum Gasteiger partial charge on any atom is -0.483 e. The number of aryl methyl sites for hydroxylation is 1. The topological polar surface area (TPSA) is 41.6 Å². The highest BCUT2D eigenvalue weighted by atomic mass is 16.5. The largest absolute Gasteiger partial charge is 0.483 e. The number of nitrogens with zero attached hydrogens (tertiary/aromatic N) is 1. The number of nitrogens with one attached hydrogen (secondary N) is 1. The lowest BCUT2D eigenvalue weighted by atomic mass is 10.0. The van der Waals surface area contributed by atoms with E-state index < -0.39 is 0 Å². The van der Waals surface area contributed by atoms with Crippen LogP contribution in [0.3, 0.4) is 0 Å². The van der Waals surface area contributed by atoms with Gasteiger partial charge in [0.2, 0.25) is 0 Å². The van der Waals surface area contributed by atoms with Gasteiger partial charge < -0.3 is 15.0 Å². The van der Waals surface area contributed by atoms with Crippen LogP contribution in [0.5, 0.6) is 5.75 Å². The average Bonchev–Trinajstić information content (AvgIpc) is 2.44. The number of carbonyl (C=O) groups excluding carboxylic acids is 1. The van der Waals surface area contributed by atoms with E-state index in [0.29, 0.717) is 0 Å². The monoisotopic (exact) mass is 292 g/mol. The second-order valence-corrected chi connectivity index (χ2v) is 5.71. The molecule has 0 aliphatic carbocycles. The predicted molar refractivity (Wildman–Crippen MR) is 86.7 cm³/mol. The Labute approximate surface area is 128 Å².